The number of H-pyrrole nitrogens is 1. The van der Waals surface area contributed by atoms with Crippen LogP contribution in [0.2, 0.25) is 0 Å². The van der Waals surface area contributed by atoms with Crippen molar-refractivity contribution >= 4 is 91.7 Å². The lowest BCUT2D eigenvalue weighted by atomic mass is 10.0. The normalized spacial score (nSPS) is 16.6. The topological polar surface area (TPSA) is 229 Å². The molecule has 0 spiro atoms. The molecule has 76 heavy (non-hydrogen) atoms. The smallest absolute Gasteiger partial charge is 0.261 e. The predicted octanol–water partition coefficient (Wildman–Crippen LogP) is 7.82. The van der Waals surface area contributed by atoms with Gasteiger partial charge in [-0.3, -0.25) is 19.2 Å². The van der Waals surface area contributed by atoms with E-state index in [2.05, 4.69) is 25.8 Å². The molecule has 0 saturated carbocycles. The summed E-state index contributed by atoms with van der Waals surface area (Å²) < 4.78 is 99.2. The van der Waals surface area contributed by atoms with Crippen molar-refractivity contribution in [3.8, 4) is 0 Å². The van der Waals surface area contributed by atoms with Gasteiger partial charge < -0.3 is 30.7 Å². The Morgan fingerprint density at radius 1 is 0.605 bits per heavy atom. The van der Waals surface area contributed by atoms with Crippen LogP contribution in [0.5, 0.6) is 0 Å². The summed E-state index contributed by atoms with van der Waals surface area (Å²) in [5.41, 5.74) is 7.98. The number of nitrogens with zero attached hydrogens (tertiary/aromatic N) is 2. The zero-order chi connectivity index (χ0) is 54.1. The van der Waals surface area contributed by atoms with Crippen LogP contribution < -0.4 is 16.0 Å². The second kappa shape index (κ2) is 21.9. The molecule has 4 amide bonds. The molecular weight excluding hydrogens is 1060 g/mol. The third kappa shape index (κ3) is 12.3. The van der Waals surface area contributed by atoms with E-state index >= 15 is 0 Å². The molecule has 6 heterocycles. The zero-order valence-electron chi connectivity index (χ0n) is 40.9. The molecule has 5 aliphatic rings. The van der Waals surface area contributed by atoms with E-state index in [1.54, 1.807) is 18.2 Å². The van der Waals surface area contributed by atoms with E-state index < -0.39 is 40.4 Å². The number of amides is 4. The van der Waals surface area contributed by atoms with E-state index in [-0.39, 0.29) is 62.7 Å². The van der Waals surface area contributed by atoms with Crippen LogP contribution in [0.15, 0.2) is 118 Å². The Morgan fingerprint density at radius 3 is 1.67 bits per heavy atom. The van der Waals surface area contributed by atoms with E-state index in [9.17, 15) is 53.2 Å². The van der Waals surface area contributed by atoms with Crippen molar-refractivity contribution in [1.29, 1.82) is 0 Å². The third-order valence-electron chi connectivity index (χ3n) is 13.6. The molecule has 5 aliphatic heterocycles. The number of rotatable bonds is 11. The lowest BCUT2D eigenvalue weighted by molar-refractivity contribution is -0.115. The lowest BCUT2D eigenvalue weighted by Gasteiger charge is -2.24. The van der Waals surface area contributed by atoms with Crippen LogP contribution in [0.1, 0.15) is 74.4 Å². The number of aryl methyl sites for hydroxylation is 1. The lowest BCUT2D eigenvalue weighted by Crippen LogP contribution is -2.38. The molecule has 4 N–H and O–H groups in total. The number of likely N-dealkylation sites (tertiary alicyclic amines) is 1. The molecule has 0 radical (unpaired) electrons. The Labute approximate surface area is 442 Å². The summed E-state index contributed by atoms with van der Waals surface area (Å²) in [7, 11) is -5.82. The van der Waals surface area contributed by atoms with Crippen LogP contribution in [0.25, 0.3) is 11.6 Å². The van der Waals surface area contributed by atoms with Gasteiger partial charge in [0.15, 0.2) is 19.7 Å². The quantitative estimate of drug-likeness (QED) is 0.0722. The van der Waals surface area contributed by atoms with Crippen LogP contribution in [-0.4, -0.2) is 96.4 Å². The van der Waals surface area contributed by atoms with E-state index in [1.165, 1.54) is 104 Å². The average Bonchev–Trinajstić information content (AvgIpc) is 4.21. The molecular formula is C54H51ClF2N6O10S3. The minimum absolute atomic E-state index is 0.0144. The Kier molecular flexibility index (Phi) is 15.5. The fraction of sp³-hybridized carbons (Fsp3) is 0.259. The van der Waals surface area contributed by atoms with Crippen molar-refractivity contribution in [3.05, 3.63) is 165 Å². The van der Waals surface area contributed by atoms with Gasteiger partial charge >= 0.3 is 0 Å². The summed E-state index contributed by atoms with van der Waals surface area (Å²) in [6.45, 7) is 6.37. The summed E-state index contributed by atoms with van der Waals surface area (Å²) >= 11 is 0. The number of anilines is 3. The van der Waals surface area contributed by atoms with Crippen molar-refractivity contribution in [1.82, 2.24) is 14.8 Å². The van der Waals surface area contributed by atoms with Gasteiger partial charge in [-0.05, 0) is 158 Å². The van der Waals surface area contributed by atoms with E-state index in [1.807, 2.05) is 11.8 Å². The zero-order valence-corrected chi connectivity index (χ0v) is 44.1. The predicted molar refractivity (Wildman–Crippen MR) is 284 cm³/mol. The fourth-order valence-electron chi connectivity index (χ4n) is 9.66. The Hall–Kier alpha value is -7.04. The molecule has 6 aromatic rings. The van der Waals surface area contributed by atoms with Crippen LogP contribution in [0.3, 0.4) is 0 Å². The van der Waals surface area contributed by atoms with E-state index in [0.717, 1.165) is 50.3 Å². The fourth-order valence-corrected chi connectivity index (χ4v) is 13.2. The van der Waals surface area contributed by atoms with Gasteiger partial charge in [-0.2, -0.15) is 0 Å². The van der Waals surface area contributed by atoms with Crippen molar-refractivity contribution in [2.75, 3.05) is 48.7 Å². The molecule has 5 aromatic carbocycles. The first-order valence-corrected chi connectivity index (χ1v) is 29.9. The summed E-state index contributed by atoms with van der Waals surface area (Å²) in [6, 6.07) is 24.2. The molecule has 22 heteroatoms. The second-order valence-electron chi connectivity index (χ2n) is 19.0. The number of hydrogen-bond donors (Lipinski definition) is 4. The highest BCUT2D eigenvalue weighted by Crippen LogP contribution is 2.37. The molecule has 0 unspecified atom stereocenters. The van der Waals surface area contributed by atoms with Crippen LogP contribution >= 0.6 is 10.7 Å². The summed E-state index contributed by atoms with van der Waals surface area (Å²) in [6.07, 6.45) is 6.12. The first-order chi connectivity index (χ1) is 36.1. The van der Waals surface area contributed by atoms with Gasteiger partial charge in [0.2, 0.25) is 11.8 Å². The molecule has 1 aromatic heterocycles. The Morgan fingerprint density at radius 2 is 1.12 bits per heavy atom. The highest BCUT2D eigenvalue weighted by molar-refractivity contribution is 8.13. The number of aromatic amines is 1. The van der Waals surface area contributed by atoms with E-state index in [4.69, 9.17) is 10.7 Å². The molecule has 0 bridgehead atoms. The molecule has 0 atom stereocenters. The van der Waals surface area contributed by atoms with Crippen LogP contribution in [-0.2, 0) is 73.9 Å². The highest BCUT2D eigenvalue weighted by atomic mass is 35.7. The number of sulfone groups is 2. The van der Waals surface area contributed by atoms with Gasteiger partial charge in [0.25, 0.3) is 20.9 Å². The minimum atomic E-state index is -3.75. The average molecular weight is 1110 g/mol. The highest BCUT2D eigenvalue weighted by Gasteiger charge is 2.31. The molecule has 1 fully saturated rings. The van der Waals surface area contributed by atoms with Gasteiger partial charge in [-0.25, -0.2) is 34.0 Å². The second-order valence-corrected chi connectivity index (χ2v) is 25.5. The Balaban J connectivity index is 0.000000166. The summed E-state index contributed by atoms with van der Waals surface area (Å²) in [4.78, 5) is 56.9. The molecule has 0 aliphatic carbocycles. The first kappa shape index (κ1) is 53.8. The largest absolute Gasteiger partial charge is 0.358 e. The maximum Gasteiger partial charge on any atom is 0.261 e. The number of benzene rings is 5. The number of fused-ring (bicyclic) bond motifs is 4. The first-order valence-electron chi connectivity index (χ1n) is 24.3. The standard InChI is InChI=1S/C31H33FN4O4S.C15H12FNO3S.C8H6ClNO3S/c1-20-28(33-27-5-4-14-36(31(38)29(20)27)16-15-35-12-2-3-13-35)18-25-24-17-23(10-11-26(24)34-30(25)37)41(39,40)19-21-6-8-22(32)9-7-21;16-12-3-1-10(2-4-12)9-21(19,20)13-5-6-14-11(7-13)8-15(18)17-14;9-14(12,13)6-1-2-7-5(3-6)4-8(11)10-7/h6-11,17-18,33H,2-5,12-16,19H2,1H3,(H,34,37);1-7H,8-9H2,(H,17,18);1-3H,4H2,(H,10,11)/b25-18-;;. The maximum atomic E-state index is 13.6. The summed E-state index contributed by atoms with van der Waals surface area (Å²) in [5, 5.41) is 8.07. The van der Waals surface area contributed by atoms with Crippen molar-refractivity contribution in [2.45, 2.75) is 71.6 Å². The number of hydrogen-bond acceptors (Lipinski definition) is 11. The van der Waals surface area contributed by atoms with Gasteiger partial charge in [0, 0.05) is 64.3 Å². The molecule has 11 rings (SSSR count). The van der Waals surface area contributed by atoms with Gasteiger partial charge in [0.1, 0.15) is 11.6 Å². The minimum Gasteiger partial charge on any atom is -0.358 e. The van der Waals surface area contributed by atoms with Gasteiger partial charge in [0.05, 0.1) is 50.2 Å². The van der Waals surface area contributed by atoms with Crippen molar-refractivity contribution in [3.63, 3.8) is 0 Å². The SMILES string of the molecule is Cc1c(/C=C2\C(=O)Nc3ccc(S(=O)(=O)Cc4ccc(F)cc4)cc32)[nH]c2c1C(=O)N(CCN1CCCC1)CCC2.O=C1Cc2cc(S(=O)(=O)Cc3ccc(F)cc3)ccc2N1.O=C1Cc2cc(S(=O)(=O)Cl)ccc2N1. The number of aromatic nitrogens is 1. The van der Waals surface area contributed by atoms with Gasteiger partial charge in [-0.1, -0.05) is 24.3 Å². The number of nitrogens with one attached hydrogen (secondary N) is 4. The van der Waals surface area contributed by atoms with Crippen LogP contribution in [0, 0.1) is 18.6 Å². The van der Waals surface area contributed by atoms with Crippen molar-refractivity contribution < 1.29 is 53.2 Å². The van der Waals surface area contributed by atoms with E-state index in [0.29, 0.717) is 68.3 Å². The van der Waals surface area contributed by atoms with Crippen LogP contribution in [0.4, 0.5) is 25.8 Å². The monoisotopic (exact) mass is 1110 g/mol. The maximum absolute atomic E-state index is 13.6. The molecule has 396 valence electrons. The number of halogens is 3. The summed E-state index contributed by atoms with van der Waals surface area (Å²) in [5.74, 6) is -1.92. The van der Waals surface area contributed by atoms with Crippen molar-refractivity contribution in [2.24, 2.45) is 0 Å². The number of carbonyl (C=O) groups is 4. The Bertz CT molecular complexity index is 3700. The number of carbonyl (C=O) groups excluding carboxylic acids is 4. The molecule has 1 saturated heterocycles. The van der Waals surface area contributed by atoms with Gasteiger partial charge in [-0.15, -0.1) is 0 Å². The third-order valence-corrected chi connectivity index (χ3v) is 18.3. The molecule has 16 nitrogen and oxygen atoms in total.